The van der Waals surface area contributed by atoms with Gasteiger partial charge in [0.05, 0.1) is 42.5 Å². The maximum atomic E-state index is 13.4. The zero-order valence-electron chi connectivity index (χ0n) is 19.9. The van der Waals surface area contributed by atoms with Gasteiger partial charge in [0.25, 0.3) is 5.56 Å². The second-order valence-electron chi connectivity index (χ2n) is 7.97. The lowest BCUT2D eigenvalue weighted by Crippen LogP contribution is -2.18. The van der Waals surface area contributed by atoms with Gasteiger partial charge in [0, 0.05) is 37.3 Å². The minimum Gasteiger partial charge on any atom is -0.493 e. The Kier molecular flexibility index (Phi) is 6.91. The number of hydrogen-bond acceptors (Lipinski definition) is 8. The number of aryl methyl sites for hydroxylation is 1. The summed E-state index contributed by atoms with van der Waals surface area (Å²) in [4.78, 5) is 33.2. The Labute approximate surface area is 207 Å². The van der Waals surface area contributed by atoms with Crippen LogP contribution in [-0.4, -0.2) is 48.9 Å². The standard InChI is InChI=1S/C24H26N8O3.CH4/c1-5-13(22-25-8-7-9-26-22)27-21-19(24(33)30-16-12-32(6-2)31-20(16)21)23-28-14-10-17(34-3)18(35-4)11-15(14)29-23;/h7-13,27H,5-6H2,1-4H3,(H,28,29)(H,30,33);1H4/t13-;/m0./s1. The van der Waals surface area contributed by atoms with Crippen LogP contribution in [0.1, 0.15) is 39.6 Å². The Hall–Kier alpha value is -4.41. The zero-order chi connectivity index (χ0) is 24.5. The number of H-pyrrole nitrogens is 2. The van der Waals surface area contributed by atoms with Crippen LogP contribution >= 0.6 is 0 Å². The van der Waals surface area contributed by atoms with Gasteiger partial charge in [-0.1, -0.05) is 14.4 Å². The molecular weight excluding hydrogens is 460 g/mol. The molecule has 0 aliphatic rings. The first kappa shape index (κ1) is 24.7. The van der Waals surface area contributed by atoms with Gasteiger partial charge in [0.1, 0.15) is 22.7 Å². The van der Waals surface area contributed by atoms with E-state index in [2.05, 4.69) is 25.3 Å². The molecule has 4 aromatic heterocycles. The summed E-state index contributed by atoms with van der Waals surface area (Å²) in [6.45, 7) is 4.68. The van der Waals surface area contributed by atoms with Crippen molar-refractivity contribution in [1.29, 1.82) is 0 Å². The van der Waals surface area contributed by atoms with E-state index in [1.807, 2.05) is 20.0 Å². The molecule has 188 valence electrons. The number of ether oxygens (including phenoxy) is 2. The van der Waals surface area contributed by atoms with Gasteiger partial charge >= 0.3 is 0 Å². The van der Waals surface area contributed by atoms with Crippen molar-refractivity contribution in [3.8, 4) is 22.9 Å². The second kappa shape index (κ2) is 10.1. The van der Waals surface area contributed by atoms with Crippen LogP contribution in [0.25, 0.3) is 33.5 Å². The van der Waals surface area contributed by atoms with Crippen LogP contribution in [0.3, 0.4) is 0 Å². The largest absolute Gasteiger partial charge is 0.493 e. The lowest BCUT2D eigenvalue weighted by atomic mass is 10.1. The first-order valence-electron chi connectivity index (χ1n) is 11.3. The smallest absolute Gasteiger partial charge is 0.261 e. The third-order valence-electron chi connectivity index (χ3n) is 5.90. The van der Waals surface area contributed by atoms with Gasteiger partial charge in [-0.05, 0) is 19.4 Å². The molecule has 1 atom stereocenters. The number of aromatic nitrogens is 7. The molecule has 0 saturated carbocycles. The zero-order valence-corrected chi connectivity index (χ0v) is 19.9. The van der Waals surface area contributed by atoms with E-state index >= 15 is 0 Å². The normalized spacial score (nSPS) is 11.9. The number of nitrogens with one attached hydrogen (secondary N) is 3. The molecule has 4 heterocycles. The van der Waals surface area contributed by atoms with Crippen LogP contribution < -0.4 is 20.3 Å². The van der Waals surface area contributed by atoms with E-state index in [0.717, 1.165) is 0 Å². The molecule has 0 bridgehead atoms. The minimum atomic E-state index is -0.294. The fraction of sp³-hybridized carbons (Fsp3) is 0.320. The van der Waals surface area contributed by atoms with Gasteiger partial charge in [-0.3, -0.25) is 9.48 Å². The molecule has 1 aromatic carbocycles. The Morgan fingerprint density at radius 3 is 2.44 bits per heavy atom. The van der Waals surface area contributed by atoms with E-state index < -0.39 is 0 Å². The number of rotatable bonds is 8. The molecule has 0 saturated heterocycles. The van der Waals surface area contributed by atoms with Crippen LogP contribution in [0.4, 0.5) is 5.69 Å². The molecule has 0 aliphatic carbocycles. The van der Waals surface area contributed by atoms with Crippen LogP contribution in [0, 0.1) is 0 Å². The van der Waals surface area contributed by atoms with E-state index in [1.165, 1.54) is 0 Å². The van der Waals surface area contributed by atoms with Gasteiger partial charge in [-0.25, -0.2) is 15.0 Å². The van der Waals surface area contributed by atoms with E-state index in [1.54, 1.807) is 49.5 Å². The summed E-state index contributed by atoms with van der Waals surface area (Å²) < 4.78 is 12.6. The SMILES string of the molecule is C.CC[C@H](Nc1c(-c2nc3cc(OC)c(OC)cc3[nH]2)c(=O)[nH]c2cn(CC)nc12)c1ncccn1. The number of imidazole rings is 1. The predicted molar refractivity (Wildman–Crippen MR) is 140 cm³/mol. The molecule has 0 aliphatic heterocycles. The lowest BCUT2D eigenvalue weighted by Gasteiger charge is -2.18. The molecule has 0 fully saturated rings. The number of benzene rings is 1. The average molecular weight is 491 g/mol. The van der Waals surface area contributed by atoms with Crippen molar-refractivity contribution >= 4 is 27.8 Å². The first-order chi connectivity index (χ1) is 17.1. The number of hydrogen-bond donors (Lipinski definition) is 3. The van der Waals surface area contributed by atoms with E-state index in [0.29, 0.717) is 69.4 Å². The Morgan fingerprint density at radius 1 is 1.06 bits per heavy atom. The second-order valence-corrected chi connectivity index (χ2v) is 7.97. The first-order valence-corrected chi connectivity index (χ1v) is 11.3. The van der Waals surface area contributed by atoms with Crippen molar-refractivity contribution in [2.45, 2.75) is 40.3 Å². The summed E-state index contributed by atoms with van der Waals surface area (Å²) in [5.41, 5.74) is 3.23. The summed E-state index contributed by atoms with van der Waals surface area (Å²) >= 11 is 0. The quantitative estimate of drug-likeness (QED) is 0.293. The molecule has 5 aromatic rings. The molecule has 11 heteroatoms. The number of aromatic amines is 2. The predicted octanol–water partition coefficient (Wildman–Crippen LogP) is 4.29. The van der Waals surface area contributed by atoms with Crippen molar-refractivity contribution in [2.75, 3.05) is 19.5 Å². The van der Waals surface area contributed by atoms with Crippen molar-refractivity contribution < 1.29 is 9.47 Å². The lowest BCUT2D eigenvalue weighted by molar-refractivity contribution is 0.356. The molecule has 36 heavy (non-hydrogen) atoms. The van der Waals surface area contributed by atoms with Gasteiger partial charge in [0.15, 0.2) is 11.5 Å². The molecular formula is C25H30N8O3. The van der Waals surface area contributed by atoms with Crippen LogP contribution in [0.5, 0.6) is 11.5 Å². The third-order valence-corrected chi connectivity index (χ3v) is 5.90. The highest BCUT2D eigenvalue weighted by atomic mass is 16.5. The topological polar surface area (TPSA) is 136 Å². The summed E-state index contributed by atoms with van der Waals surface area (Å²) in [5.74, 6) is 2.14. The van der Waals surface area contributed by atoms with Gasteiger partial charge < -0.3 is 24.8 Å². The molecule has 0 unspecified atom stereocenters. The highest BCUT2D eigenvalue weighted by molar-refractivity contribution is 5.96. The average Bonchev–Trinajstić information content (AvgIpc) is 3.49. The third kappa shape index (κ3) is 4.23. The van der Waals surface area contributed by atoms with Gasteiger partial charge in [-0.15, -0.1) is 0 Å². The molecule has 0 amide bonds. The summed E-state index contributed by atoms with van der Waals surface area (Å²) in [5, 5.41) is 8.20. The summed E-state index contributed by atoms with van der Waals surface area (Å²) in [6, 6.07) is 5.10. The molecule has 0 radical (unpaired) electrons. The van der Waals surface area contributed by atoms with Crippen molar-refractivity contribution in [3.05, 3.63) is 53.0 Å². The van der Waals surface area contributed by atoms with Crippen molar-refractivity contribution in [3.63, 3.8) is 0 Å². The maximum Gasteiger partial charge on any atom is 0.261 e. The van der Waals surface area contributed by atoms with Crippen molar-refractivity contribution in [2.24, 2.45) is 0 Å². The number of methoxy groups -OCH3 is 2. The molecule has 11 nitrogen and oxygen atoms in total. The number of pyridine rings is 1. The number of anilines is 1. The van der Waals surface area contributed by atoms with Crippen LogP contribution in [-0.2, 0) is 6.54 Å². The number of fused-ring (bicyclic) bond motifs is 2. The molecule has 0 spiro atoms. The van der Waals surface area contributed by atoms with E-state index in [4.69, 9.17) is 19.6 Å². The summed E-state index contributed by atoms with van der Waals surface area (Å²) in [7, 11) is 3.14. The molecule has 3 N–H and O–H groups in total. The monoisotopic (exact) mass is 490 g/mol. The Bertz CT molecular complexity index is 1510. The Morgan fingerprint density at radius 2 is 1.78 bits per heavy atom. The molecule has 5 rings (SSSR count). The highest BCUT2D eigenvalue weighted by Crippen LogP contribution is 2.36. The fourth-order valence-corrected chi connectivity index (χ4v) is 4.11. The van der Waals surface area contributed by atoms with Crippen LogP contribution in [0.2, 0.25) is 0 Å². The minimum absolute atomic E-state index is 0. The Balaban J connectivity index is 0.00000304. The fourth-order valence-electron chi connectivity index (χ4n) is 4.11. The number of nitrogens with zero attached hydrogens (tertiary/aromatic N) is 5. The maximum absolute atomic E-state index is 13.4. The van der Waals surface area contributed by atoms with Gasteiger partial charge in [0.2, 0.25) is 0 Å². The summed E-state index contributed by atoms with van der Waals surface area (Å²) in [6.07, 6.45) is 5.92. The van der Waals surface area contributed by atoms with E-state index in [9.17, 15) is 4.79 Å². The highest BCUT2D eigenvalue weighted by Gasteiger charge is 2.24. The van der Waals surface area contributed by atoms with Gasteiger partial charge in [-0.2, -0.15) is 5.10 Å². The van der Waals surface area contributed by atoms with Crippen molar-refractivity contribution in [1.82, 2.24) is 34.7 Å². The van der Waals surface area contributed by atoms with Crippen LogP contribution in [0.15, 0.2) is 41.6 Å². The van der Waals surface area contributed by atoms with E-state index in [-0.39, 0.29) is 19.0 Å².